The van der Waals surface area contributed by atoms with Crippen molar-refractivity contribution >= 4 is 17.6 Å². The van der Waals surface area contributed by atoms with Gasteiger partial charge in [-0.15, -0.1) is 0 Å². The molecule has 11 heteroatoms. The fourth-order valence-electron chi connectivity index (χ4n) is 2.33. The summed E-state index contributed by atoms with van der Waals surface area (Å²) in [5.74, 6) is 0.135. The molecule has 0 atom stereocenters. The zero-order chi connectivity index (χ0) is 24.1. The first kappa shape index (κ1) is 25.8. The molecule has 1 aromatic heterocycles. The molecule has 3 rings (SSSR count). The molecule has 178 valence electrons. The Hall–Kier alpha value is -3.44. The van der Waals surface area contributed by atoms with Crippen LogP contribution in [0, 0.1) is 0 Å². The predicted octanol–water partition coefficient (Wildman–Crippen LogP) is 3.85. The number of aromatic nitrogens is 3. The van der Waals surface area contributed by atoms with Gasteiger partial charge in [-0.3, -0.25) is 0 Å². The standard InChI is InChI=1S/C19H19F3N6O.C3H9N/c20-19(21,22)12-29-18-27-16(24-11-14-4-2-1-3-5-14)26-17(28-18)25-15-8-6-13(10-23)7-9-15;1-3-4-2/h1-9H,10-12,23H2,(H2,24,25,26,27,28);4H,3H2,1-2H3. The summed E-state index contributed by atoms with van der Waals surface area (Å²) in [6, 6.07) is 16.2. The van der Waals surface area contributed by atoms with Crippen molar-refractivity contribution in [3.63, 3.8) is 0 Å². The summed E-state index contributed by atoms with van der Waals surface area (Å²) in [5, 5.41) is 8.82. The molecule has 0 aliphatic rings. The van der Waals surface area contributed by atoms with Gasteiger partial charge >= 0.3 is 12.2 Å². The maximum Gasteiger partial charge on any atom is 0.422 e. The average molecular weight is 464 g/mol. The van der Waals surface area contributed by atoms with E-state index >= 15 is 0 Å². The molecule has 0 unspecified atom stereocenters. The van der Waals surface area contributed by atoms with Crippen LogP contribution in [0.4, 0.5) is 30.8 Å². The van der Waals surface area contributed by atoms with Gasteiger partial charge in [-0.1, -0.05) is 49.4 Å². The van der Waals surface area contributed by atoms with Crippen LogP contribution in [0.25, 0.3) is 0 Å². The van der Waals surface area contributed by atoms with Gasteiger partial charge in [-0.25, -0.2) is 0 Å². The predicted molar refractivity (Wildman–Crippen MR) is 122 cm³/mol. The number of rotatable bonds is 9. The molecule has 5 N–H and O–H groups in total. The van der Waals surface area contributed by atoms with Crippen LogP contribution in [0.2, 0.25) is 0 Å². The maximum atomic E-state index is 12.5. The lowest BCUT2D eigenvalue weighted by Gasteiger charge is -2.12. The van der Waals surface area contributed by atoms with Gasteiger partial charge in [-0.05, 0) is 36.9 Å². The number of nitrogens with two attached hydrogens (primary N) is 1. The van der Waals surface area contributed by atoms with Crippen molar-refractivity contribution in [3.05, 3.63) is 65.7 Å². The van der Waals surface area contributed by atoms with Gasteiger partial charge < -0.3 is 26.4 Å². The van der Waals surface area contributed by atoms with Crippen LogP contribution < -0.4 is 26.4 Å². The first-order valence-electron chi connectivity index (χ1n) is 10.3. The third kappa shape index (κ3) is 10.1. The number of halogens is 3. The Labute approximate surface area is 190 Å². The van der Waals surface area contributed by atoms with Gasteiger partial charge in [0.1, 0.15) is 0 Å². The number of ether oxygens (including phenoxy) is 1. The fraction of sp³-hybridized carbons (Fsp3) is 0.318. The molecule has 0 aliphatic heterocycles. The van der Waals surface area contributed by atoms with E-state index in [0.29, 0.717) is 18.8 Å². The number of nitrogens with one attached hydrogen (secondary N) is 3. The van der Waals surface area contributed by atoms with Gasteiger partial charge in [0, 0.05) is 18.8 Å². The molecule has 8 nitrogen and oxygen atoms in total. The summed E-state index contributed by atoms with van der Waals surface area (Å²) in [6.45, 7) is 2.42. The number of hydrogen-bond donors (Lipinski definition) is 4. The molecule has 0 aliphatic carbocycles. The monoisotopic (exact) mass is 463 g/mol. The summed E-state index contributed by atoms with van der Waals surface area (Å²) in [5.41, 5.74) is 8.11. The smallest absolute Gasteiger partial charge is 0.422 e. The maximum absolute atomic E-state index is 12.5. The van der Waals surface area contributed by atoms with Crippen molar-refractivity contribution in [3.8, 4) is 6.01 Å². The Kier molecular flexibility index (Phi) is 10.3. The SMILES string of the molecule is CCNC.NCc1ccc(Nc2nc(NCc3ccccc3)nc(OCC(F)(F)F)n2)cc1. The van der Waals surface area contributed by atoms with Crippen LogP contribution in [-0.2, 0) is 13.1 Å². The van der Waals surface area contributed by atoms with E-state index in [0.717, 1.165) is 17.7 Å². The van der Waals surface area contributed by atoms with Gasteiger partial charge in [0.25, 0.3) is 0 Å². The highest BCUT2D eigenvalue weighted by Gasteiger charge is 2.29. The molecule has 0 fully saturated rings. The molecule has 0 bridgehead atoms. The van der Waals surface area contributed by atoms with Crippen molar-refractivity contribution in [2.45, 2.75) is 26.2 Å². The first-order valence-corrected chi connectivity index (χ1v) is 10.3. The first-order chi connectivity index (χ1) is 15.8. The Bertz CT molecular complexity index is 952. The van der Waals surface area contributed by atoms with E-state index in [1.54, 1.807) is 12.1 Å². The third-order valence-corrected chi connectivity index (χ3v) is 4.07. The summed E-state index contributed by atoms with van der Waals surface area (Å²) in [4.78, 5) is 12.0. The molecule has 33 heavy (non-hydrogen) atoms. The van der Waals surface area contributed by atoms with Gasteiger partial charge in [0.2, 0.25) is 11.9 Å². The van der Waals surface area contributed by atoms with E-state index in [4.69, 9.17) is 10.5 Å². The highest BCUT2D eigenvalue weighted by atomic mass is 19.4. The summed E-state index contributed by atoms with van der Waals surface area (Å²) in [7, 11) is 1.93. The van der Waals surface area contributed by atoms with Crippen molar-refractivity contribution in [1.82, 2.24) is 20.3 Å². The van der Waals surface area contributed by atoms with Crippen LogP contribution in [0.5, 0.6) is 6.01 Å². The molecule has 3 aromatic rings. The van der Waals surface area contributed by atoms with E-state index < -0.39 is 18.8 Å². The second-order valence-corrected chi connectivity index (χ2v) is 6.74. The van der Waals surface area contributed by atoms with E-state index in [-0.39, 0.29) is 11.9 Å². The van der Waals surface area contributed by atoms with Crippen molar-refractivity contribution in [2.24, 2.45) is 5.73 Å². The Morgan fingerprint density at radius 2 is 1.55 bits per heavy atom. The lowest BCUT2D eigenvalue weighted by Crippen LogP contribution is -2.21. The lowest BCUT2D eigenvalue weighted by atomic mass is 10.2. The summed E-state index contributed by atoms with van der Waals surface area (Å²) in [6.07, 6.45) is -4.50. The fourth-order valence-corrected chi connectivity index (χ4v) is 2.33. The quantitative estimate of drug-likeness (QED) is 0.379. The van der Waals surface area contributed by atoms with Gasteiger partial charge in [0.05, 0.1) is 0 Å². The van der Waals surface area contributed by atoms with Crippen LogP contribution >= 0.6 is 0 Å². The molecular formula is C22H28F3N7O. The largest absolute Gasteiger partial charge is 0.454 e. The van der Waals surface area contributed by atoms with Crippen LogP contribution in [0.15, 0.2) is 54.6 Å². The topological polar surface area (TPSA) is 110 Å². The van der Waals surface area contributed by atoms with E-state index in [1.807, 2.05) is 49.5 Å². The lowest BCUT2D eigenvalue weighted by molar-refractivity contribution is -0.154. The van der Waals surface area contributed by atoms with E-state index in [2.05, 4.69) is 37.8 Å². The molecular weight excluding hydrogens is 435 g/mol. The highest BCUT2D eigenvalue weighted by Crippen LogP contribution is 2.20. The second-order valence-electron chi connectivity index (χ2n) is 6.74. The number of nitrogens with zero attached hydrogens (tertiary/aromatic N) is 3. The second kappa shape index (κ2) is 13.2. The Morgan fingerprint density at radius 3 is 2.12 bits per heavy atom. The number of benzene rings is 2. The van der Waals surface area contributed by atoms with Crippen molar-refractivity contribution < 1.29 is 17.9 Å². The molecule has 0 spiro atoms. The van der Waals surface area contributed by atoms with Crippen LogP contribution in [0.1, 0.15) is 18.1 Å². The minimum atomic E-state index is -4.50. The molecule has 0 radical (unpaired) electrons. The van der Waals surface area contributed by atoms with Crippen LogP contribution in [0.3, 0.4) is 0 Å². The number of anilines is 3. The number of hydrogen-bond acceptors (Lipinski definition) is 8. The Balaban J connectivity index is 0.000000890. The molecule has 0 saturated heterocycles. The van der Waals surface area contributed by atoms with Gasteiger partial charge in [-0.2, -0.15) is 28.1 Å². The zero-order valence-corrected chi connectivity index (χ0v) is 18.5. The van der Waals surface area contributed by atoms with E-state index in [1.165, 1.54) is 0 Å². The van der Waals surface area contributed by atoms with E-state index in [9.17, 15) is 13.2 Å². The summed E-state index contributed by atoms with van der Waals surface area (Å²) >= 11 is 0. The molecule has 0 amide bonds. The summed E-state index contributed by atoms with van der Waals surface area (Å²) < 4.78 is 42.2. The third-order valence-electron chi connectivity index (χ3n) is 4.07. The highest BCUT2D eigenvalue weighted by molar-refractivity contribution is 5.54. The van der Waals surface area contributed by atoms with Crippen molar-refractivity contribution in [1.29, 1.82) is 0 Å². The molecule has 0 saturated carbocycles. The minimum Gasteiger partial charge on any atom is -0.454 e. The van der Waals surface area contributed by atoms with Crippen molar-refractivity contribution in [2.75, 3.05) is 30.8 Å². The average Bonchev–Trinajstić information content (AvgIpc) is 2.82. The van der Waals surface area contributed by atoms with Crippen LogP contribution in [-0.4, -0.2) is 41.3 Å². The molecule has 1 heterocycles. The molecule has 2 aromatic carbocycles. The zero-order valence-electron chi connectivity index (χ0n) is 18.5. The number of alkyl halides is 3. The minimum absolute atomic E-state index is 0.0493. The van der Waals surface area contributed by atoms with Gasteiger partial charge in [0.15, 0.2) is 6.61 Å². The normalized spacial score (nSPS) is 10.7. The Morgan fingerprint density at radius 1 is 0.909 bits per heavy atom.